The lowest BCUT2D eigenvalue weighted by Gasteiger charge is -2.27. The van der Waals surface area contributed by atoms with Crippen molar-refractivity contribution in [2.75, 3.05) is 52.9 Å². The molecule has 0 saturated carbocycles. The highest BCUT2D eigenvalue weighted by molar-refractivity contribution is 7.89. The average molecular weight is 492 g/mol. The minimum atomic E-state index is -3.68. The van der Waals surface area contributed by atoms with Crippen molar-refractivity contribution in [3.8, 4) is 11.5 Å². The third-order valence-corrected chi connectivity index (χ3v) is 8.03. The second kappa shape index (κ2) is 11.2. The number of hydrogen-bond acceptors (Lipinski definition) is 7. The summed E-state index contributed by atoms with van der Waals surface area (Å²) in [7, 11) is 1.32. The highest BCUT2D eigenvalue weighted by atomic mass is 32.2. The van der Waals surface area contributed by atoms with Crippen molar-refractivity contribution in [3.05, 3.63) is 47.5 Å². The minimum Gasteiger partial charge on any atom is -0.493 e. The quantitative estimate of drug-likeness (QED) is 0.576. The molecule has 0 aliphatic carbocycles. The largest absolute Gasteiger partial charge is 0.493 e. The van der Waals surface area contributed by atoms with Crippen molar-refractivity contribution in [1.29, 1.82) is 0 Å². The summed E-state index contributed by atoms with van der Waals surface area (Å²) in [6.07, 6.45) is 0. The van der Waals surface area contributed by atoms with Crippen LogP contribution in [0.3, 0.4) is 0 Å². The van der Waals surface area contributed by atoms with Crippen molar-refractivity contribution in [3.63, 3.8) is 0 Å². The van der Waals surface area contributed by atoms with Gasteiger partial charge in [0.1, 0.15) is 0 Å². The number of hydrogen-bond donors (Lipinski definition) is 1. The predicted molar refractivity (Wildman–Crippen MR) is 130 cm³/mol. The normalized spacial score (nSPS) is 15.7. The van der Waals surface area contributed by atoms with Crippen LogP contribution in [-0.4, -0.2) is 77.1 Å². The van der Waals surface area contributed by atoms with E-state index in [1.54, 1.807) is 40.2 Å². The summed E-state index contributed by atoms with van der Waals surface area (Å²) in [5.74, 6) is 1.00. The Morgan fingerprint density at radius 2 is 1.88 bits per heavy atom. The zero-order chi connectivity index (χ0) is 24.9. The molecule has 1 aliphatic rings. The molecule has 2 aromatic carbocycles. The van der Waals surface area contributed by atoms with Gasteiger partial charge in [0.2, 0.25) is 15.9 Å². The lowest BCUT2D eigenvalue weighted by molar-refractivity contribution is -0.120. The summed E-state index contributed by atoms with van der Waals surface area (Å²) in [4.78, 5) is 15.1. The zero-order valence-electron chi connectivity index (χ0n) is 20.3. The summed E-state index contributed by atoms with van der Waals surface area (Å²) in [5.41, 5.74) is 1.94. The molecule has 3 rings (SSSR count). The van der Waals surface area contributed by atoms with Gasteiger partial charge in [0.25, 0.3) is 0 Å². The van der Waals surface area contributed by atoms with E-state index in [1.165, 1.54) is 10.4 Å². The summed E-state index contributed by atoms with van der Waals surface area (Å²) < 4.78 is 43.8. The van der Waals surface area contributed by atoms with Gasteiger partial charge in [-0.05, 0) is 44.7 Å². The number of amides is 1. The van der Waals surface area contributed by atoms with Gasteiger partial charge in [-0.15, -0.1) is 0 Å². The molecule has 1 amide bonds. The molecule has 34 heavy (non-hydrogen) atoms. The first-order chi connectivity index (χ1) is 16.2. The lowest BCUT2D eigenvalue weighted by Crippen LogP contribution is -2.41. The molecule has 0 bridgehead atoms. The Bertz CT molecular complexity index is 1120. The fourth-order valence-corrected chi connectivity index (χ4v) is 5.47. The minimum absolute atomic E-state index is 0.189. The third kappa shape index (κ3) is 5.69. The number of carbonyl (C=O) groups excluding carboxylic acids is 1. The number of methoxy groups -OCH3 is 2. The monoisotopic (exact) mass is 491 g/mol. The second-order valence-corrected chi connectivity index (χ2v) is 10.1. The van der Waals surface area contributed by atoms with Crippen LogP contribution in [0.2, 0.25) is 0 Å². The maximum atomic E-state index is 13.1. The van der Waals surface area contributed by atoms with E-state index in [9.17, 15) is 13.2 Å². The van der Waals surface area contributed by atoms with Gasteiger partial charge >= 0.3 is 0 Å². The maximum absolute atomic E-state index is 13.1. The summed E-state index contributed by atoms with van der Waals surface area (Å²) in [5, 5.41) is 2.86. The lowest BCUT2D eigenvalue weighted by atomic mass is 10.1. The molecule has 2 aromatic rings. The Labute approximate surface area is 201 Å². The highest BCUT2D eigenvalue weighted by Gasteiger charge is 2.28. The van der Waals surface area contributed by atoms with E-state index in [0.29, 0.717) is 55.6 Å². The first kappa shape index (κ1) is 26.0. The fourth-order valence-electron chi connectivity index (χ4n) is 3.81. The van der Waals surface area contributed by atoms with Crippen LogP contribution in [0, 0.1) is 6.92 Å². The molecule has 0 unspecified atom stereocenters. The van der Waals surface area contributed by atoms with Gasteiger partial charge in [0.05, 0.1) is 38.4 Å². The van der Waals surface area contributed by atoms with Gasteiger partial charge in [0, 0.05) is 30.9 Å². The van der Waals surface area contributed by atoms with Crippen molar-refractivity contribution < 1.29 is 27.4 Å². The van der Waals surface area contributed by atoms with Crippen LogP contribution in [0.1, 0.15) is 18.1 Å². The standard InChI is InChI=1S/C24H33N3O6S/c1-17-9-10-20(15-22(17)34(29,30)27-11-13-33-14-12-27)25-24(28)18(2)26(3)16-19-7-6-8-21(31-4)23(19)32-5/h6-10,15,18H,11-14,16H2,1-5H3,(H,25,28)/t18-/m0/s1. The van der Waals surface area contributed by atoms with Gasteiger partial charge in [-0.2, -0.15) is 4.31 Å². The number of rotatable bonds is 9. The molecule has 1 fully saturated rings. The number of carbonyl (C=O) groups is 1. The first-order valence-corrected chi connectivity index (χ1v) is 12.5. The Balaban J connectivity index is 1.73. The molecule has 9 nitrogen and oxygen atoms in total. The number of likely N-dealkylation sites (N-methyl/N-ethyl adjacent to an activating group) is 1. The summed E-state index contributed by atoms with van der Waals surface area (Å²) >= 11 is 0. The van der Waals surface area contributed by atoms with Crippen LogP contribution >= 0.6 is 0 Å². The topological polar surface area (TPSA) is 97.4 Å². The molecular weight excluding hydrogens is 458 g/mol. The average Bonchev–Trinajstić information content (AvgIpc) is 2.84. The number of morpholine rings is 1. The molecule has 10 heteroatoms. The molecule has 1 aliphatic heterocycles. The van der Waals surface area contributed by atoms with Crippen molar-refractivity contribution in [2.24, 2.45) is 0 Å². The number of nitrogens with zero attached hydrogens (tertiary/aromatic N) is 2. The van der Waals surface area contributed by atoms with Crippen molar-refractivity contribution >= 4 is 21.6 Å². The van der Waals surface area contributed by atoms with Crippen LogP contribution in [0.4, 0.5) is 5.69 Å². The predicted octanol–water partition coefficient (Wildman–Crippen LogP) is 2.49. The van der Waals surface area contributed by atoms with Gasteiger partial charge < -0.3 is 19.5 Å². The van der Waals surface area contributed by atoms with Crippen LogP contribution in [0.25, 0.3) is 0 Å². The number of para-hydroxylation sites is 1. The number of benzene rings is 2. The number of sulfonamides is 1. The van der Waals surface area contributed by atoms with Crippen molar-refractivity contribution in [2.45, 2.75) is 31.3 Å². The molecular formula is C24H33N3O6S. The van der Waals surface area contributed by atoms with Gasteiger partial charge in [-0.25, -0.2) is 8.42 Å². The molecule has 1 saturated heterocycles. The van der Waals surface area contributed by atoms with E-state index in [-0.39, 0.29) is 10.8 Å². The number of nitrogens with one attached hydrogen (secondary N) is 1. The van der Waals surface area contributed by atoms with Gasteiger partial charge in [-0.1, -0.05) is 18.2 Å². The van der Waals surface area contributed by atoms with Crippen LogP contribution in [-0.2, 0) is 26.1 Å². The van der Waals surface area contributed by atoms with E-state index in [4.69, 9.17) is 14.2 Å². The van der Waals surface area contributed by atoms with E-state index >= 15 is 0 Å². The number of ether oxygens (including phenoxy) is 3. The van der Waals surface area contributed by atoms with Crippen molar-refractivity contribution in [1.82, 2.24) is 9.21 Å². The molecule has 0 aromatic heterocycles. The molecule has 1 heterocycles. The summed E-state index contributed by atoms with van der Waals surface area (Å²) in [6.45, 7) is 5.37. The summed E-state index contributed by atoms with van der Waals surface area (Å²) in [6, 6.07) is 10.1. The number of aryl methyl sites for hydroxylation is 1. The Morgan fingerprint density at radius 3 is 2.53 bits per heavy atom. The highest BCUT2D eigenvalue weighted by Crippen LogP contribution is 2.31. The SMILES string of the molecule is COc1cccc(CN(C)[C@@H](C)C(=O)Nc2ccc(C)c(S(=O)(=O)N3CCOCC3)c2)c1OC. The van der Waals surface area contributed by atoms with Crippen LogP contribution in [0.15, 0.2) is 41.3 Å². The fraction of sp³-hybridized carbons (Fsp3) is 0.458. The number of anilines is 1. The van der Waals surface area contributed by atoms with E-state index in [2.05, 4.69) is 5.32 Å². The molecule has 0 spiro atoms. The van der Waals surface area contributed by atoms with E-state index in [0.717, 1.165) is 5.56 Å². The smallest absolute Gasteiger partial charge is 0.243 e. The molecule has 1 atom stereocenters. The molecule has 1 N–H and O–H groups in total. The van der Waals surface area contributed by atoms with Crippen LogP contribution in [0.5, 0.6) is 11.5 Å². The van der Waals surface area contributed by atoms with Gasteiger partial charge in [0.15, 0.2) is 11.5 Å². The van der Waals surface area contributed by atoms with Gasteiger partial charge in [-0.3, -0.25) is 9.69 Å². The Hall–Kier alpha value is -2.66. The second-order valence-electron chi connectivity index (χ2n) is 8.23. The van der Waals surface area contributed by atoms with Crippen LogP contribution < -0.4 is 14.8 Å². The Morgan fingerprint density at radius 1 is 1.18 bits per heavy atom. The Kier molecular flexibility index (Phi) is 8.53. The molecule has 186 valence electrons. The zero-order valence-corrected chi connectivity index (χ0v) is 21.1. The van der Waals surface area contributed by atoms with E-state index < -0.39 is 16.1 Å². The molecule has 0 radical (unpaired) electrons. The maximum Gasteiger partial charge on any atom is 0.243 e. The third-order valence-electron chi connectivity index (χ3n) is 5.99. The van der Waals surface area contributed by atoms with E-state index in [1.807, 2.05) is 30.1 Å². The first-order valence-electron chi connectivity index (χ1n) is 11.1.